The number of nitrogens with one attached hydrogen (secondary N) is 2. The van der Waals surface area contributed by atoms with E-state index in [4.69, 9.17) is 0 Å². The monoisotopic (exact) mass is 472 g/mol. The molecule has 172 valence electrons. The zero-order chi connectivity index (χ0) is 24.1. The van der Waals surface area contributed by atoms with Gasteiger partial charge in [-0.05, 0) is 36.8 Å². The number of hydrogen-bond donors (Lipinski definition) is 2. The van der Waals surface area contributed by atoms with Gasteiger partial charge in [0.2, 0.25) is 5.91 Å². The number of fused-ring (bicyclic) bond motifs is 1. The van der Waals surface area contributed by atoms with E-state index in [0.717, 1.165) is 17.3 Å². The Labute approximate surface area is 201 Å². The largest absolute Gasteiger partial charge is 0.345 e. The molecule has 4 rings (SSSR count). The zero-order valence-corrected chi connectivity index (χ0v) is 19.6. The second-order valence-corrected chi connectivity index (χ2v) is 8.71. The van der Waals surface area contributed by atoms with Crippen molar-refractivity contribution in [1.82, 2.24) is 14.9 Å². The summed E-state index contributed by atoms with van der Waals surface area (Å²) in [6.07, 6.45) is 0. The van der Waals surface area contributed by atoms with Gasteiger partial charge in [0, 0.05) is 7.05 Å². The van der Waals surface area contributed by atoms with E-state index in [2.05, 4.69) is 15.6 Å². The third-order valence-electron chi connectivity index (χ3n) is 5.37. The normalized spacial score (nSPS) is 11.7. The topological polar surface area (TPSA) is 93.1 Å². The second-order valence-electron chi connectivity index (χ2n) is 7.76. The van der Waals surface area contributed by atoms with Gasteiger partial charge < -0.3 is 10.6 Å². The first-order valence-electron chi connectivity index (χ1n) is 10.8. The lowest BCUT2D eigenvalue weighted by Gasteiger charge is -2.16. The van der Waals surface area contributed by atoms with Crippen LogP contribution in [0.1, 0.15) is 28.9 Å². The van der Waals surface area contributed by atoms with Gasteiger partial charge in [0.1, 0.15) is 0 Å². The molecular weight excluding hydrogens is 448 g/mol. The number of anilines is 1. The molecule has 1 aromatic heterocycles. The van der Waals surface area contributed by atoms with Crippen molar-refractivity contribution in [2.45, 2.75) is 18.1 Å². The third kappa shape index (κ3) is 5.18. The van der Waals surface area contributed by atoms with Crippen LogP contribution >= 0.6 is 11.8 Å². The molecule has 0 aliphatic heterocycles. The molecule has 4 aromatic rings. The highest BCUT2D eigenvalue weighted by Gasteiger charge is 2.17. The van der Waals surface area contributed by atoms with Gasteiger partial charge in [-0.25, -0.2) is 4.98 Å². The molecule has 0 aliphatic rings. The van der Waals surface area contributed by atoms with E-state index in [1.54, 1.807) is 49.5 Å². The van der Waals surface area contributed by atoms with Crippen LogP contribution in [-0.2, 0) is 11.8 Å². The zero-order valence-electron chi connectivity index (χ0n) is 18.8. The van der Waals surface area contributed by atoms with E-state index in [9.17, 15) is 14.4 Å². The van der Waals surface area contributed by atoms with Crippen molar-refractivity contribution in [3.05, 3.63) is 100 Å². The van der Waals surface area contributed by atoms with E-state index >= 15 is 0 Å². The number of hydrogen-bond acceptors (Lipinski definition) is 5. The number of aromatic nitrogens is 2. The lowest BCUT2D eigenvalue weighted by atomic mass is 10.1. The summed E-state index contributed by atoms with van der Waals surface area (Å²) in [5.74, 6) is -0.545. The number of thioether (sulfide) groups is 1. The van der Waals surface area contributed by atoms with Crippen LogP contribution in [0.3, 0.4) is 0 Å². The first-order valence-corrected chi connectivity index (χ1v) is 11.8. The highest BCUT2D eigenvalue weighted by atomic mass is 32.2. The first kappa shape index (κ1) is 23.3. The Hall–Kier alpha value is -3.91. The summed E-state index contributed by atoms with van der Waals surface area (Å²) in [4.78, 5) is 42.6. The van der Waals surface area contributed by atoms with Crippen LogP contribution in [0.5, 0.6) is 0 Å². The molecule has 0 radical (unpaired) electrons. The van der Waals surface area contributed by atoms with Gasteiger partial charge in [-0.15, -0.1) is 0 Å². The Morgan fingerprint density at radius 2 is 1.65 bits per heavy atom. The maximum Gasteiger partial charge on any atom is 0.261 e. The number of carbonyl (C=O) groups excluding carboxylic acids is 2. The van der Waals surface area contributed by atoms with Crippen molar-refractivity contribution < 1.29 is 9.59 Å². The maximum absolute atomic E-state index is 12.9. The summed E-state index contributed by atoms with van der Waals surface area (Å²) in [7, 11) is 1.63. The maximum atomic E-state index is 12.9. The van der Waals surface area contributed by atoms with Crippen molar-refractivity contribution in [2.75, 3.05) is 11.1 Å². The van der Waals surface area contributed by atoms with Gasteiger partial charge in [-0.2, -0.15) is 0 Å². The van der Waals surface area contributed by atoms with Crippen LogP contribution in [0.15, 0.2) is 88.8 Å². The minimum absolute atomic E-state index is 0.0367. The highest BCUT2D eigenvalue weighted by molar-refractivity contribution is 7.99. The Bertz CT molecular complexity index is 1400. The number of carbonyl (C=O) groups is 2. The minimum atomic E-state index is -0.302. The smallest absolute Gasteiger partial charge is 0.261 e. The predicted molar refractivity (Wildman–Crippen MR) is 135 cm³/mol. The van der Waals surface area contributed by atoms with Gasteiger partial charge in [-0.3, -0.25) is 19.0 Å². The quantitative estimate of drug-likeness (QED) is 0.311. The molecular formula is C26H24N4O3S. The van der Waals surface area contributed by atoms with E-state index < -0.39 is 0 Å². The van der Waals surface area contributed by atoms with Crippen LogP contribution in [-0.4, -0.2) is 27.1 Å². The fraction of sp³-hybridized carbons (Fsp3) is 0.154. The molecule has 2 amide bonds. The number of rotatable bonds is 7. The van der Waals surface area contributed by atoms with Gasteiger partial charge in [0.15, 0.2) is 5.16 Å². The molecule has 0 fully saturated rings. The molecule has 0 aliphatic carbocycles. The molecule has 0 spiro atoms. The first-order chi connectivity index (χ1) is 16.4. The van der Waals surface area contributed by atoms with Crippen LogP contribution in [0, 0.1) is 0 Å². The van der Waals surface area contributed by atoms with Crippen molar-refractivity contribution in [1.29, 1.82) is 0 Å². The van der Waals surface area contributed by atoms with Gasteiger partial charge in [0.25, 0.3) is 11.5 Å². The summed E-state index contributed by atoms with van der Waals surface area (Å²) >= 11 is 1.16. The number of amides is 2. The van der Waals surface area contributed by atoms with Crippen molar-refractivity contribution in [2.24, 2.45) is 7.05 Å². The summed E-state index contributed by atoms with van der Waals surface area (Å²) in [5, 5.41) is 6.76. The summed E-state index contributed by atoms with van der Waals surface area (Å²) in [5.41, 5.74) is 2.21. The Morgan fingerprint density at radius 3 is 2.44 bits per heavy atom. The molecule has 2 N–H and O–H groups in total. The Balaban J connectivity index is 1.44. The Morgan fingerprint density at radius 1 is 0.971 bits per heavy atom. The lowest BCUT2D eigenvalue weighted by molar-refractivity contribution is -0.113. The van der Waals surface area contributed by atoms with E-state index in [-0.39, 0.29) is 29.2 Å². The average molecular weight is 473 g/mol. The van der Waals surface area contributed by atoms with E-state index in [0.29, 0.717) is 27.3 Å². The molecule has 1 heterocycles. The van der Waals surface area contributed by atoms with Gasteiger partial charge in [-0.1, -0.05) is 66.4 Å². The lowest BCUT2D eigenvalue weighted by Crippen LogP contribution is -2.28. The SMILES string of the molecule is CC(NC(=O)c1ccccc1NC(=O)CSc1nc2ccccc2c(=O)n1C)c1ccccc1. The molecule has 3 aromatic carbocycles. The van der Waals surface area contributed by atoms with Crippen LogP contribution in [0.2, 0.25) is 0 Å². The predicted octanol–water partition coefficient (Wildman–Crippen LogP) is 4.16. The van der Waals surface area contributed by atoms with Crippen molar-refractivity contribution >= 4 is 40.2 Å². The number of benzene rings is 3. The molecule has 1 atom stereocenters. The van der Waals surface area contributed by atoms with E-state index in [1.807, 2.05) is 43.3 Å². The number of nitrogens with zero attached hydrogens (tertiary/aromatic N) is 2. The molecule has 0 saturated heterocycles. The fourth-order valence-electron chi connectivity index (χ4n) is 3.53. The standard InChI is InChI=1S/C26H24N4O3S/c1-17(18-10-4-3-5-11-18)27-24(32)19-12-6-8-14-21(19)28-23(31)16-34-26-29-22-15-9-7-13-20(22)25(33)30(26)2/h3-15,17H,16H2,1-2H3,(H,27,32)(H,28,31). The number of para-hydroxylation sites is 2. The molecule has 34 heavy (non-hydrogen) atoms. The fourth-order valence-corrected chi connectivity index (χ4v) is 4.30. The van der Waals surface area contributed by atoms with Crippen LogP contribution in [0.25, 0.3) is 10.9 Å². The summed E-state index contributed by atoms with van der Waals surface area (Å²) in [6, 6.07) is 23.5. The van der Waals surface area contributed by atoms with Crippen LogP contribution < -0.4 is 16.2 Å². The highest BCUT2D eigenvalue weighted by Crippen LogP contribution is 2.20. The van der Waals surface area contributed by atoms with Crippen molar-refractivity contribution in [3.63, 3.8) is 0 Å². The van der Waals surface area contributed by atoms with Crippen molar-refractivity contribution in [3.8, 4) is 0 Å². The summed E-state index contributed by atoms with van der Waals surface area (Å²) < 4.78 is 1.44. The molecule has 8 heteroatoms. The molecule has 1 unspecified atom stereocenters. The minimum Gasteiger partial charge on any atom is -0.345 e. The van der Waals surface area contributed by atoms with Gasteiger partial charge >= 0.3 is 0 Å². The third-order valence-corrected chi connectivity index (χ3v) is 6.40. The van der Waals surface area contributed by atoms with Gasteiger partial charge in [0.05, 0.1) is 33.9 Å². The molecule has 0 bridgehead atoms. The second kappa shape index (κ2) is 10.4. The molecule has 7 nitrogen and oxygen atoms in total. The average Bonchev–Trinajstić information content (AvgIpc) is 2.86. The van der Waals surface area contributed by atoms with E-state index in [1.165, 1.54) is 4.57 Å². The summed E-state index contributed by atoms with van der Waals surface area (Å²) in [6.45, 7) is 1.91. The van der Waals surface area contributed by atoms with Crippen LogP contribution in [0.4, 0.5) is 5.69 Å². The molecule has 0 saturated carbocycles. The Kier molecular flexibility index (Phi) is 7.08.